The minimum atomic E-state index is -0.0965. The summed E-state index contributed by atoms with van der Waals surface area (Å²) in [4.78, 5) is 12.4. The highest BCUT2D eigenvalue weighted by atomic mass is 16.1. The normalized spacial score (nSPS) is 11.7. The molecule has 0 aliphatic heterocycles. The van der Waals surface area contributed by atoms with Gasteiger partial charge in [-0.1, -0.05) is 48.5 Å². The van der Waals surface area contributed by atoms with E-state index in [1.807, 2.05) is 48.5 Å². The fraction of sp³-hybridized carbons (Fsp3) is 0.190. The maximum absolute atomic E-state index is 12.4. The van der Waals surface area contributed by atoms with Gasteiger partial charge in [0, 0.05) is 12.8 Å². The minimum Gasteiger partial charge on any atom is -0.369 e. The van der Waals surface area contributed by atoms with E-state index in [0.29, 0.717) is 24.3 Å². The molecule has 156 valence electrons. The van der Waals surface area contributed by atoms with Gasteiger partial charge in [-0.25, -0.2) is 0 Å². The van der Waals surface area contributed by atoms with Gasteiger partial charge in [-0.15, -0.1) is 10.2 Å². The van der Waals surface area contributed by atoms with Crippen molar-refractivity contribution in [3.8, 4) is 0 Å². The lowest BCUT2D eigenvalue weighted by Gasteiger charge is -2.05. The summed E-state index contributed by atoms with van der Waals surface area (Å²) in [5.41, 5.74) is 26.1. The molecule has 0 aliphatic rings. The molecule has 30 heavy (non-hydrogen) atoms. The lowest BCUT2D eigenvalue weighted by molar-refractivity contribution is -0.117. The standard InChI is InChI=1S/C21H26N8O/c1-13(26-28-20(22)23)17-7-3-15(4-8-17)11-19(30)12-16-5-9-18(10-6-16)14(2)27-29-21(24)25/h3-10H,11-12H2,1-2H3,(H4,22,23,28)(H4,24,25,29)/b26-13+,27-14+. The van der Waals surface area contributed by atoms with Crippen LogP contribution in [0.5, 0.6) is 0 Å². The molecular weight excluding hydrogens is 380 g/mol. The van der Waals surface area contributed by atoms with Crippen LogP contribution in [0.2, 0.25) is 0 Å². The van der Waals surface area contributed by atoms with Gasteiger partial charge >= 0.3 is 0 Å². The van der Waals surface area contributed by atoms with Crippen molar-refractivity contribution >= 4 is 29.1 Å². The number of benzene rings is 2. The highest BCUT2D eigenvalue weighted by molar-refractivity contribution is 5.99. The molecule has 0 fully saturated rings. The van der Waals surface area contributed by atoms with Gasteiger partial charge in [-0.2, -0.15) is 10.2 Å². The number of guanidine groups is 2. The van der Waals surface area contributed by atoms with Crippen LogP contribution in [0.4, 0.5) is 0 Å². The first kappa shape index (κ1) is 22.3. The number of hydrogen-bond donors (Lipinski definition) is 4. The van der Waals surface area contributed by atoms with Crippen LogP contribution in [-0.4, -0.2) is 29.1 Å². The number of Topliss-reactive ketones (excluding diaryl/α,β-unsaturated/α-hetero) is 1. The fourth-order valence-corrected chi connectivity index (χ4v) is 2.63. The molecule has 2 aromatic rings. The van der Waals surface area contributed by atoms with E-state index in [-0.39, 0.29) is 17.7 Å². The lowest BCUT2D eigenvalue weighted by Crippen LogP contribution is -2.22. The first-order valence-corrected chi connectivity index (χ1v) is 9.21. The van der Waals surface area contributed by atoms with Crippen molar-refractivity contribution in [2.45, 2.75) is 26.7 Å². The third-order valence-electron chi connectivity index (χ3n) is 4.18. The number of rotatable bonds is 8. The van der Waals surface area contributed by atoms with Crippen molar-refractivity contribution in [2.75, 3.05) is 0 Å². The molecule has 2 aromatic carbocycles. The molecule has 0 aromatic heterocycles. The molecule has 0 atom stereocenters. The second-order valence-electron chi connectivity index (χ2n) is 6.71. The zero-order valence-electron chi connectivity index (χ0n) is 17.0. The predicted molar refractivity (Wildman–Crippen MR) is 121 cm³/mol. The minimum absolute atomic E-state index is 0.0965. The molecule has 9 heteroatoms. The summed E-state index contributed by atoms with van der Waals surface area (Å²) in [6, 6.07) is 15.1. The zero-order valence-corrected chi connectivity index (χ0v) is 17.0. The Morgan fingerprint density at radius 2 is 0.967 bits per heavy atom. The topological polar surface area (TPSA) is 171 Å². The van der Waals surface area contributed by atoms with Gasteiger partial charge < -0.3 is 22.9 Å². The molecule has 0 saturated carbocycles. The van der Waals surface area contributed by atoms with E-state index in [2.05, 4.69) is 20.4 Å². The monoisotopic (exact) mass is 406 g/mol. The molecule has 9 nitrogen and oxygen atoms in total. The Morgan fingerprint density at radius 1 is 0.633 bits per heavy atom. The third-order valence-corrected chi connectivity index (χ3v) is 4.18. The molecule has 0 aliphatic carbocycles. The Hall–Kier alpha value is -4.01. The summed E-state index contributed by atoms with van der Waals surface area (Å²) >= 11 is 0. The third kappa shape index (κ3) is 7.19. The second kappa shape index (κ2) is 10.5. The number of nitrogens with two attached hydrogens (primary N) is 4. The van der Waals surface area contributed by atoms with E-state index in [0.717, 1.165) is 22.3 Å². The molecular formula is C21H26N8O. The average Bonchev–Trinajstić information content (AvgIpc) is 2.71. The lowest BCUT2D eigenvalue weighted by atomic mass is 10.00. The highest BCUT2D eigenvalue weighted by Gasteiger charge is 2.07. The fourth-order valence-electron chi connectivity index (χ4n) is 2.63. The van der Waals surface area contributed by atoms with Gasteiger partial charge in [-0.05, 0) is 36.1 Å². The van der Waals surface area contributed by atoms with Gasteiger partial charge in [0.05, 0.1) is 11.4 Å². The summed E-state index contributed by atoms with van der Waals surface area (Å²) < 4.78 is 0. The van der Waals surface area contributed by atoms with Gasteiger partial charge in [0.2, 0.25) is 11.9 Å². The van der Waals surface area contributed by atoms with Crippen LogP contribution in [-0.2, 0) is 17.6 Å². The SMILES string of the molecule is C/C(=N\N=C(N)N)c1ccc(CC(=O)Cc2ccc(/C(C)=N/N=C(N)N)cc2)cc1. The van der Waals surface area contributed by atoms with E-state index in [1.54, 1.807) is 13.8 Å². The molecule has 0 radical (unpaired) electrons. The van der Waals surface area contributed by atoms with Gasteiger partial charge in [0.1, 0.15) is 5.78 Å². The molecule has 0 spiro atoms. The Labute approximate surface area is 175 Å². The van der Waals surface area contributed by atoms with Crippen molar-refractivity contribution in [3.05, 3.63) is 70.8 Å². The van der Waals surface area contributed by atoms with Crippen molar-refractivity contribution in [2.24, 2.45) is 43.3 Å². The molecule has 8 N–H and O–H groups in total. The molecule has 0 amide bonds. The first-order valence-electron chi connectivity index (χ1n) is 9.21. The van der Waals surface area contributed by atoms with Crippen molar-refractivity contribution < 1.29 is 4.79 Å². The smallest absolute Gasteiger partial charge is 0.211 e. The number of hydrogen-bond acceptors (Lipinski definition) is 5. The number of ketones is 1. The molecule has 0 unspecified atom stereocenters. The summed E-state index contributed by atoms with van der Waals surface area (Å²) in [6.45, 7) is 3.61. The molecule has 2 rings (SSSR count). The van der Waals surface area contributed by atoms with Crippen LogP contribution >= 0.6 is 0 Å². The Kier molecular flexibility index (Phi) is 7.81. The largest absolute Gasteiger partial charge is 0.369 e. The number of carbonyl (C=O) groups excluding carboxylic acids is 1. The Balaban J connectivity index is 1.97. The molecule has 0 heterocycles. The highest BCUT2D eigenvalue weighted by Crippen LogP contribution is 2.11. The number of nitrogens with zero attached hydrogens (tertiary/aromatic N) is 4. The first-order chi connectivity index (χ1) is 14.2. The van der Waals surface area contributed by atoms with E-state index < -0.39 is 0 Å². The van der Waals surface area contributed by atoms with Crippen molar-refractivity contribution in [1.82, 2.24) is 0 Å². The van der Waals surface area contributed by atoms with Crippen LogP contribution in [0.3, 0.4) is 0 Å². The summed E-state index contributed by atoms with van der Waals surface area (Å²) in [5.74, 6) is -0.0751. The Morgan fingerprint density at radius 3 is 1.27 bits per heavy atom. The second-order valence-corrected chi connectivity index (χ2v) is 6.71. The van der Waals surface area contributed by atoms with Crippen molar-refractivity contribution in [1.29, 1.82) is 0 Å². The van der Waals surface area contributed by atoms with Crippen LogP contribution in [0.25, 0.3) is 0 Å². The summed E-state index contributed by atoms with van der Waals surface area (Å²) in [7, 11) is 0. The van der Waals surface area contributed by atoms with Crippen LogP contribution in [0, 0.1) is 0 Å². The van der Waals surface area contributed by atoms with Crippen LogP contribution in [0.15, 0.2) is 68.9 Å². The summed E-state index contributed by atoms with van der Waals surface area (Å²) in [6.07, 6.45) is 0.689. The van der Waals surface area contributed by atoms with Crippen molar-refractivity contribution in [3.63, 3.8) is 0 Å². The Bertz CT molecular complexity index is 913. The zero-order chi connectivity index (χ0) is 22.1. The van der Waals surface area contributed by atoms with E-state index in [4.69, 9.17) is 22.9 Å². The van der Waals surface area contributed by atoms with Gasteiger partial charge in [0.15, 0.2) is 0 Å². The molecule has 0 bridgehead atoms. The van der Waals surface area contributed by atoms with Crippen LogP contribution in [0.1, 0.15) is 36.1 Å². The number of carbonyl (C=O) groups is 1. The maximum Gasteiger partial charge on any atom is 0.211 e. The van der Waals surface area contributed by atoms with E-state index >= 15 is 0 Å². The van der Waals surface area contributed by atoms with Gasteiger partial charge in [0.25, 0.3) is 0 Å². The van der Waals surface area contributed by atoms with Gasteiger partial charge in [-0.3, -0.25) is 4.79 Å². The van der Waals surface area contributed by atoms with E-state index in [1.165, 1.54) is 0 Å². The average molecular weight is 406 g/mol. The quantitative estimate of drug-likeness (QED) is 0.291. The molecule has 0 saturated heterocycles. The van der Waals surface area contributed by atoms with Crippen LogP contribution < -0.4 is 22.9 Å². The summed E-state index contributed by atoms with van der Waals surface area (Å²) in [5, 5.41) is 15.1. The van der Waals surface area contributed by atoms with E-state index in [9.17, 15) is 4.79 Å². The maximum atomic E-state index is 12.4. The predicted octanol–water partition coefficient (Wildman–Crippen LogP) is 1.04.